The Kier molecular flexibility index (Phi) is 5.30. The minimum absolute atomic E-state index is 0.202. The third kappa shape index (κ3) is 4.73. The van der Waals surface area contributed by atoms with Gasteiger partial charge in [0, 0.05) is 18.7 Å². The lowest BCUT2D eigenvalue weighted by atomic mass is 10.1. The van der Waals surface area contributed by atoms with Crippen LogP contribution < -0.4 is 11.2 Å². The first-order chi connectivity index (χ1) is 10.5. The highest BCUT2D eigenvalue weighted by Crippen LogP contribution is 2.09. The van der Waals surface area contributed by atoms with E-state index in [1.54, 1.807) is 0 Å². The van der Waals surface area contributed by atoms with Gasteiger partial charge in [-0.1, -0.05) is 24.3 Å². The summed E-state index contributed by atoms with van der Waals surface area (Å²) in [4.78, 5) is 35.2. The van der Waals surface area contributed by atoms with E-state index in [4.69, 9.17) is 5.11 Å². The summed E-state index contributed by atoms with van der Waals surface area (Å²) in [6.45, 7) is 0.398. The van der Waals surface area contributed by atoms with Crippen molar-refractivity contribution in [2.24, 2.45) is 0 Å². The summed E-state index contributed by atoms with van der Waals surface area (Å²) in [5.41, 5.74) is 1.27. The van der Waals surface area contributed by atoms with Crippen molar-refractivity contribution in [3.05, 3.63) is 68.5 Å². The summed E-state index contributed by atoms with van der Waals surface area (Å²) in [7, 11) is 0. The average Bonchev–Trinajstić information content (AvgIpc) is 2.48. The molecule has 22 heavy (non-hydrogen) atoms. The summed E-state index contributed by atoms with van der Waals surface area (Å²) in [6.07, 6.45) is 4.02. The molecule has 0 spiro atoms. The molecular formula is C16H18N2O4. The second-order valence-corrected chi connectivity index (χ2v) is 5.16. The van der Waals surface area contributed by atoms with Crippen LogP contribution in [-0.2, 0) is 17.8 Å². The lowest BCUT2D eigenvalue weighted by molar-refractivity contribution is -0.137. The van der Waals surface area contributed by atoms with Crippen LogP contribution in [0.25, 0.3) is 0 Å². The highest BCUT2D eigenvalue weighted by Gasteiger charge is 2.01. The van der Waals surface area contributed by atoms with Crippen molar-refractivity contribution < 1.29 is 9.90 Å². The van der Waals surface area contributed by atoms with Gasteiger partial charge in [0.25, 0.3) is 5.56 Å². The van der Waals surface area contributed by atoms with Crippen molar-refractivity contribution in [2.75, 3.05) is 0 Å². The average molecular weight is 302 g/mol. The van der Waals surface area contributed by atoms with E-state index < -0.39 is 17.2 Å². The van der Waals surface area contributed by atoms with Crippen LogP contribution in [0.5, 0.6) is 0 Å². The van der Waals surface area contributed by atoms with E-state index in [2.05, 4.69) is 4.98 Å². The fourth-order valence-electron chi connectivity index (χ4n) is 2.18. The molecule has 0 radical (unpaired) electrons. The topological polar surface area (TPSA) is 92.2 Å². The third-order valence-electron chi connectivity index (χ3n) is 3.38. The van der Waals surface area contributed by atoms with E-state index in [1.807, 2.05) is 24.3 Å². The van der Waals surface area contributed by atoms with Crippen LogP contribution in [0.1, 0.15) is 30.4 Å². The Bertz CT molecular complexity index is 744. The summed E-state index contributed by atoms with van der Waals surface area (Å²) < 4.78 is 1.43. The number of nitrogens with zero attached hydrogens (tertiary/aromatic N) is 1. The molecule has 2 aromatic rings. The molecule has 0 aliphatic carbocycles. The maximum absolute atomic E-state index is 11.6. The zero-order chi connectivity index (χ0) is 15.9. The predicted octanol–water partition coefficient (Wildman–Crippen LogP) is 1.38. The number of carboxylic acids is 1. The fraction of sp³-hybridized carbons (Fsp3) is 0.312. The molecule has 2 rings (SSSR count). The van der Waals surface area contributed by atoms with Crippen LogP contribution in [-0.4, -0.2) is 20.6 Å². The first-order valence-corrected chi connectivity index (χ1v) is 7.14. The highest BCUT2D eigenvalue weighted by atomic mass is 16.4. The number of aromatic amines is 1. The van der Waals surface area contributed by atoms with E-state index in [0.717, 1.165) is 24.0 Å². The Morgan fingerprint density at radius 1 is 1.05 bits per heavy atom. The number of aliphatic carboxylic acids is 1. The number of carboxylic acid groups (broad SMARTS) is 1. The zero-order valence-electron chi connectivity index (χ0n) is 12.1. The Morgan fingerprint density at radius 2 is 1.73 bits per heavy atom. The molecule has 6 heteroatoms. The van der Waals surface area contributed by atoms with E-state index >= 15 is 0 Å². The van der Waals surface area contributed by atoms with E-state index in [9.17, 15) is 14.4 Å². The van der Waals surface area contributed by atoms with E-state index in [1.165, 1.54) is 16.8 Å². The molecule has 0 saturated heterocycles. The summed E-state index contributed by atoms with van der Waals surface area (Å²) in [5.74, 6) is -0.762. The second kappa shape index (κ2) is 7.40. The molecule has 0 atom stereocenters. The lowest BCUT2D eigenvalue weighted by Crippen LogP contribution is -2.28. The van der Waals surface area contributed by atoms with Crippen LogP contribution in [0.4, 0.5) is 0 Å². The van der Waals surface area contributed by atoms with Gasteiger partial charge >= 0.3 is 11.7 Å². The lowest BCUT2D eigenvalue weighted by Gasteiger charge is -2.06. The molecule has 0 unspecified atom stereocenters. The van der Waals surface area contributed by atoms with Crippen molar-refractivity contribution in [1.82, 2.24) is 9.55 Å². The van der Waals surface area contributed by atoms with Crippen LogP contribution in [0.3, 0.4) is 0 Å². The third-order valence-corrected chi connectivity index (χ3v) is 3.38. The van der Waals surface area contributed by atoms with Crippen LogP contribution in [0, 0.1) is 0 Å². The summed E-state index contributed by atoms with van der Waals surface area (Å²) in [5, 5.41) is 8.58. The van der Waals surface area contributed by atoms with Gasteiger partial charge in [0.2, 0.25) is 0 Å². The number of carbonyl (C=O) groups is 1. The maximum Gasteiger partial charge on any atom is 0.328 e. The quantitative estimate of drug-likeness (QED) is 0.756. The maximum atomic E-state index is 11.6. The number of hydrogen-bond donors (Lipinski definition) is 2. The smallest absolute Gasteiger partial charge is 0.328 e. The molecule has 0 fully saturated rings. The van der Waals surface area contributed by atoms with Crippen molar-refractivity contribution in [3.63, 3.8) is 0 Å². The molecule has 1 aromatic heterocycles. The second-order valence-electron chi connectivity index (χ2n) is 5.16. The molecule has 116 valence electrons. The first-order valence-electron chi connectivity index (χ1n) is 7.14. The SMILES string of the molecule is O=C(O)CCCCc1ccc(Cn2ccc(=O)[nH]c2=O)cc1. The monoisotopic (exact) mass is 302 g/mol. The largest absolute Gasteiger partial charge is 0.481 e. The molecule has 2 N–H and O–H groups in total. The molecule has 0 bridgehead atoms. The number of benzene rings is 1. The molecule has 0 aliphatic rings. The van der Waals surface area contributed by atoms with Crippen molar-refractivity contribution >= 4 is 5.97 Å². The predicted molar refractivity (Wildman–Crippen MR) is 82.1 cm³/mol. The van der Waals surface area contributed by atoms with Gasteiger partial charge in [0.05, 0.1) is 6.54 Å². The molecule has 6 nitrogen and oxygen atoms in total. The number of H-pyrrole nitrogens is 1. The van der Waals surface area contributed by atoms with Crippen LogP contribution in [0.2, 0.25) is 0 Å². The van der Waals surface area contributed by atoms with Gasteiger partial charge in [-0.25, -0.2) is 4.79 Å². The van der Waals surface area contributed by atoms with E-state index in [0.29, 0.717) is 13.0 Å². The van der Waals surface area contributed by atoms with Gasteiger partial charge in [0.15, 0.2) is 0 Å². The van der Waals surface area contributed by atoms with Crippen molar-refractivity contribution in [3.8, 4) is 0 Å². The number of aryl methyl sites for hydroxylation is 1. The minimum atomic E-state index is -0.762. The van der Waals surface area contributed by atoms with Crippen molar-refractivity contribution in [2.45, 2.75) is 32.2 Å². The van der Waals surface area contributed by atoms with Crippen LogP contribution in [0.15, 0.2) is 46.1 Å². The fourth-order valence-corrected chi connectivity index (χ4v) is 2.18. The molecule has 0 saturated carbocycles. The van der Waals surface area contributed by atoms with Gasteiger partial charge < -0.3 is 5.11 Å². The molecular weight excluding hydrogens is 284 g/mol. The Morgan fingerprint density at radius 3 is 2.36 bits per heavy atom. The number of unbranched alkanes of at least 4 members (excludes halogenated alkanes) is 1. The standard InChI is InChI=1S/C16H18N2O4/c19-14-9-10-18(16(22)17-14)11-13-7-5-12(6-8-13)3-1-2-4-15(20)21/h5-10H,1-4,11H2,(H,20,21)(H,17,19,22). The number of aromatic nitrogens is 2. The zero-order valence-corrected chi connectivity index (χ0v) is 12.1. The van der Waals surface area contributed by atoms with Gasteiger partial charge in [0.1, 0.15) is 0 Å². The Balaban J connectivity index is 1.93. The van der Waals surface area contributed by atoms with Crippen molar-refractivity contribution in [1.29, 1.82) is 0 Å². The van der Waals surface area contributed by atoms with Gasteiger partial charge in [-0.15, -0.1) is 0 Å². The molecule has 0 aliphatic heterocycles. The Hall–Kier alpha value is -2.63. The van der Waals surface area contributed by atoms with Gasteiger partial charge in [-0.2, -0.15) is 0 Å². The number of hydrogen-bond acceptors (Lipinski definition) is 3. The number of nitrogens with one attached hydrogen (secondary N) is 1. The molecule has 1 heterocycles. The van der Waals surface area contributed by atoms with E-state index in [-0.39, 0.29) is 6.42 Å². The Labute approximate surface area is 127 Å². The summed E-state index contributed by atoms with van der Waals surface area (Å²) in [6, 6.07) is 9.14. The molecule has 1 aromatic carbocycles. The van der Waals surface area contributed by atoms with Crippen LogP contribution >= 0.6 is 0 Å². The number of rotatable bonds is 7. The normalized spacial score (nSPS) is 10.5. The summed E-state index contributed by atoms with van der Waals surface area (Å²) >= 11 is 0. The molecule has 0 amide bonds. The van der Waals surface area contributed by atoms with Gasteiger partial charge in [-0.05, 0) is 30.4 Å². The first kappa shape index (κ1) is 15.8. The van der Waals surface area contributed by atoms with Gasteiger partial charge in [-0.3, -0.25) is 19.1 Å². The highest BCUT2D eigenvalue weighted by molar-refractivity contribution is 5.66. The minimum Gasteiger partial charge on any atom is -0.481 e.